The second kappa shape index (κ2) is 5.50. The number of aromatic nitrogens is 3. The summed E-state index contributed by atoms with van der Waals surface area (Å²) in [6.07, 6.45) is 1.77. The van der Waals surface area contributed by atoms with Crippen molar-refractivity contribution in [2.24, 2.45) is 7.05 Å². The van der Waals surface area contributed by atoms with Crippen LogP contribution in [0.1, 0.15) is 24.2 Å². The van der Waals surface area contributed by atoms with Gasteiger partial charge in [0.25, 0.3) is 0 Å². The Hall–Kier alpha value is -2.08. The average Bonchev–Trinajstić information content (AvgIpc) is 2.90. The number of nitrogens with one attached hydrogen (secondary N) is 1. The van der Waals surface area contributed by atoms with Gasteiger partial charge in [0, 0.05) is 12.6 Å². The number of fused-ring (bicyclic) bond motifs is 1. The van der Waals surface area contributed by atoms with Crippen molar-refractivity contribution in [2.75, 3.05) is 19.8 Å². The summed E-state index contributed by atoms with van der Waals surface area (Å²) < 4.78 is 13.2. The fraction of sp³-hybridized carbons (Fsp3) is 0.429. The zero-order valence-electron chi connectivity index (χ0n) is 11.7. The minimum absolute atomic E-state index is 0.0170. The molecule has 20 heavy (non-hydrogen) atoms. The molecule has 0 fully saturated rings. The summed E-state index contributed by atoms with van der Waals surface area (Å²) in [5.74, 6) is 1.61. The predicted molar refractivity (Wildman–Crippen MR) is 74.0 cm³/mol. The van der Waals surface area contributed by atoms with Gasteiger partial charge in [-0.25, -0.2) is 0 Å². The zero-order valence-corrected chi connectivity index (χ0v) is 11.7. The van der Waals surface area contributed by atoms with E-state index in [-0.39, 0.29) is 6.04 Å². The topological polar surface area (TPSA) is 61.2 Å². The van der Waals surface area contributed by atoms with E-state index in [9.17, 15) is 0 Å². The van der Waals surface area contributed by atoms with E-state index < -0.39 is 0 Å². The smallest absolute Gasteiger partial charge is 0.166 e. The molecule has 0 spiro atoms. The van der Waals surface area contributed by atoms with Gasteiger partial charge in [0.1, 0.15) is 13.2 Å². The molecule has 1 N–H and O–H groups in total. The Morgan fingerprint density at radius 3 is 2.95 bits per heavy atom. The van der Waals surface area contributed by atoms with Gasteiger partial charge in [0.2, 0.25) is 0 Å². The molecule has 1 aliphatic heterocycles. The zero-order chi connectivity index (χ0) is 13.9. The monoisotopic (exact) mass is 274 g/mol. The van der Waals surface area contributed by atoms with E-state index in [0.717, 1.165) is 29.3 Å². The lowest BCUT2D eigenvalue weighted by atomic mass is 10.0. The summed E-state index contributed by atoms with van der Waals surface area (Å²) in [7, 11) is 1.89. The van der Waals surface area contributed by atoms with Gasteiger partial charge < -0.3 is 14.8 Å². The van der Waals surface area contributed by atoms with E-state index in [2.05, 4.69) is 22.6 Å². The molecule has 0 amide bonds. The van der Waals surface area contributed by atoms with Gasteiger partial charge in [0.05, 0.1) is 17.9 Å². The Morgan fingerprint density at radius 2 is 2.20 bits per heavy atom. The Balaban J connectivity index is 2.06. The summed E-state index contributed by atoms with van der Waals surface area (Å²) >= 11 is 0. The first-order chi connectivity index (χ1) is 9.81. The van der Waals surface area contributed by atoms with Crippen LogP contribution in [-0.2, 0) is 7.05 Å². The van der Waals surface area contributed by atoms with Crippen LogP contribution in [0.3, 0.4) is 0 Å². The number of rotatable bonds is 4. The van der Waals surface area contributed by atoms with Gasteiger partial charge >= 0.3 is 0 Å². The molecule has 1 atom stereocenters. The molecular formula is C14H18N4O2. The fourth-order valence-electron chi connectivity index (χ4n) is 2.46. The second-order valence-electron chi connectivity index (χ2n) is 4.64. The largest absolute Gasteiger partial charge is 0.486 e. The van der Waals surface area contributed by atoms with Crippen molar-refractivity contribution in [1.29, 1.82) is 0 Å². The lowest BCUT2D eigenvalue weighted by molar-refractivity contribution is 0.169. The van der Waals surface area contributed by atoms with Gasteiger partial charge in [-0.1, -0.05) is 24.3 Å². The third kappa shape index (κ3) is 2.22. The average molecular weight is 274 g/mol. The molecule has 3 rings (SSSR count). The highest BCUT2D eigenvalue weighted by Gasteiger charge is 2.24. The molecule has 0 bridgehead atoms. The second-order valence-corrected chi connectivity index (χ2v) is 4.64. The summed E-state index contributed by atoms with van der Waals surface area (Å²) in [5, 5.41) is 11.4. The van der Waals surface area contributed by atoms with E-state index in [1.54, 1.807) is 10.9 Å². The lowest BCUT2D eigenvalue weighted by Gasteiger charge is -2.25. The molecule has 0 aliphatic carbocycles. The molecule has 2 heterocycles. The molecule has 1 aromatic carbocycles. The van der Waals surface area contributed by atoms with Crippen LogP contribution in [0.2, 0.25) is 0 Å². The van der Waals surface area contributed by atoms with Crippen LogP contribution in [0.25, 0.3) is 0 Å². The standard InChI is InChI=1S/C14H18N4O2/c1-3-15-13(11-9-16-17-18(11)2)10-5-4-6-12-14(10)20-8-7-19-12/h4-6,9,13,15H,3,7-8H2,1-2H3. The molecule has 0 radical (unpaired) electrons. The van der Waals surface area contributed by atoms with Crippen molar-refractivity contribution in [3.05, 3.63) is 35.7 Å². The molecule has 6 heteroatoms. The van der Waals surface area contributed by atoms with Crippen LogP contribution in [0.4, 0.5) is 0 Å². The Bertz CT molecular complexity index is 597. The van der Waals surface area contributed by atoms with Crippen LogP contribution >= 0.6 is 0 Å². The van der Waals surface area contributed by atoms with Gasteiger partial charge in [-0.05, 0) is 12.6 Å². The first kappa shape index (κ1) is 12.9. The number of nitrogens with zero attached hydrogens (tertiary/aromatic N) is 3. The number of aryl methyl sites for hydroxylation is 1. The van der Waals surface area contributed by atoms with Crippen molar-refractivity contribution < 1.29 is 9.47 Å². The summed E-state index contributed by atoms with van der Waals surface area (Å²) in [4.78, 5) is 0. The lowest BCUT2D eigenvalue weighted by Crippen LogP contribution is -2.26. The van der Waals surface area contributed by atoms with Gasteiger partial charge in [-0.2, -0.15) is 0 Å². The van der Waals surface area contributed by atoms with Crippen molar-refractivity contribution in [3.63, 3.8) is 0 Å². The Kier molecular flexibility index (Phi) is 3.56. The molecule has 106 valence electrons. The first-order valence-electron chi connectivity index (χ1n) is 6.77. The van der Waals surface area contributed by atoms with Crippen LogP contribution in [-0.4, -0.2) is 34.8 Å². The van der Waals surface area contributed by atoms with Gasteiger partial charge in [-0.15, -0.1) is 5.10 Å². The Morgan fingerprint density at radius 1 is 1.35 bits per heavy atom. The van der Waals surface area contributed by atoms with Crippen molar-refractivity contribution in [2.45, 2.75) is 13.0 Å². The maximum atomic E-state index is 5.80. The highest BCUT2D eigenvalue weighted by molar-refractivity contribution is 5.50. The maximum absolute atomic E-state index is 5.80. The van der Waals surface area contributed by atoms with Crippen molar-refractivity contribution in [1.82, 2.24) is 20.3 Å². The SMILES string of the molecule is CCNC(c1cccc2c1OCCO2)c1cnnn1C. The normalized spacial score (nSPS) is 15.1. The Labute approximate surface area is 117 Å². The summed E-state index contributed by atoms with van der Waals surface area (Å²) in [6.45, 7) is 4.08. The third-order valence-corrected chi connectivity index (χ3v) is 3.36. The number of hydrogen-bond donors (Lipinski definition) is 1. The van der Waals surface area contributed by atoms with Crippen molar-refractivity contribution in [3.8, 4) is 11.5 Å². The van der Waals surface area contributed by atoms with E-state index in [0.29, 0.717) is 13.2 Å². The molecule has 0 saturated heterocycles. The molecule has 2 aromatic rings. The van der Waals surface area contributed by atoms with Crippen molar-refractivity contribution >= 4 is 0 Å². The number of ether oxygens (including phenoxy) is 2. The van der Waals surface area contributed by atoms with E-state index in [4.69, 9.17) is 9.47 Å². The van der Waals surface area contributed by atoms with E-state index in [1.165, 1.54) is 0 Å². The van der Waals surface area contributed by atoms with Gasteiger partial charge in [-0.3, -0.25) is 4.68 Å². The van der Waals surface area contributed by atoms with E-state index >= 15 is 0 Å². The molecular weight excluding hydrogens is 256 g/mol. The molecule has 1 unspecified atom stereocenters. The highest BCUT2D eigenvalue weighted by Crippen LogP contribution is 2.38. The minimum Gasteiger partial charge on any atom is -0.486 e. The van der Waals surface area contributed by atoms with Crippen LogP contribution in [0, 0.1) is 0 Å². The maximum Gasteiger partial charge on any atom is 0.166 e. The van der Waals surface area contributed by atoms with E-state index in [1.807, 2.05) is 25.2 Å². The van der Waals surface area contributed by atoms with Gasteiger partial charge in [0.15, 0.2) is 11.5 Å². The number of hydrogen-bond acceptors (Lipinski definition) is 5. The summed E-state index contributed by atoms with van der Waals surface area (Å²) in [6, 6.07) is 5.95. The predicted octanol–water partition coefficient (Wildman–Crippen LogP) is 1.29. The molecule has 1 aromatic heterocycles. The molecule has 1 aliphatic rings. The minimum atomic E-state index is -0.0170. The number of benzene rings is 1. The summed E-state index contributed by atoms with van der Waals surface area (Å²) in [5.41, 5.74) is 2.05. The van der Waals surface area contributed by atoms with Crippen LogP contribution in [0.15, 0.2) is 24.4 Å². The molecule has 0 saturated carbocycles. The molecule has 6 nitrogen and oxygen atoms in total. The fourth-order valence-corrected chi connectivity index (χ4v) is 2.46. The highest BCUT2D eigenvalue weighted by atomic mass is 16.6. The third-order valence-electron chi connectivity index (χ3n) is 3.36. The quantitative estimate of drug-likeness (QED) is 0.910. The first-order valence-corrected chi connectivity index (χ1v) is 6.77. The van der Waals surface area contributed by atoms with Crippen LogP contribution in [0.5, 0.6) is 11.5 Å². The number of para-hydroxylation sites is 1. The van der Waals surface area contributed by atoms with Crippen LogP contribution < -0.4 is 14.8 Å².